The molecule has 1 fully saturated rings. The van der Waals surface area contributed by atoms with Crippen LogP contribution in [0.4, 0.5) is 5.82 Å². The zero-order valence-electron chi connectivity index (χ0n) is 16.7. The molecule has 1 amide bonds. The maximum Gasteiger partial charge on any atom is 0.289 e. The molecule has 29 heavy (non-hydrogen) atoms. The molecule has 0 spiro atoms. The van der Waals surface area contributed by atoms with E-state index in [4.69, 9.17) is 0 Å². The Hall–Kier alpha value is -3.00. The van der Waals surface area contributed by atoms with Gasteiger partial charge in [0.05, 0.1) is 11.6 Å². The molecular formula is C21H26N6O2. The SMILES string of the molecule is CCCc1ccc2c(N3CC[C@H](NC(=O)c4ncc(C(C)O)cn4)C3)nccn12. The lowest BCUT2D eigenvalue weighted by atomic mass is 10.2. The summed E-state index contributed by atoms with van der Waals surface area (Å²) in [5.74, 6) is 0.765. The summed E-state index contributed by atoms with van der Waals surface area (Å²) in [6.07, 6.45) is 9.13. The average molecular weight is 394 g/mol. The molecule has 2 N–H and O–H groups in total. The van der Waals surface area contributed by atoms with E-state index in [9.17, 15) is 9.90 Å². The van der Waals surface area contributed by atoms with Crippen LogP contribution in [0.15, 0.2) is 36.9 Å². The number of aliphatic hydroxyl groups excluding tert-OH is 1. The summed E-state index contributed by atoms with van der Waals surface area (Å²) in [6, 6.07) is 4.29. The standard InChI is InChI=1S/C21H26N6O2/c1-3-4-17-5-6-18-20(22-8-10-27(17)18)26-9-7-16(13-26)25-21(29)19-23-11-15(12-24-19)14(2)28/h5-6,8,10-12,14,16,28H,3-4,7,9,13H2,1-2H3,(H,25,29)/t14?,16-/m0/s1. The molecule has 152 valence electrons. The number of nitrogens with one attached hydrogen (secondary N) is 1. The van der Waals surface area contributed by atoms with Crippen molar-refractivity contribution in [1.29, 1.82) is 0 Å². The maximum absolute atomic E-state index is 12.5. The second-order valence-electron chi connectivity index (χ2n) is 7.50. The molecule has 3 aromatic rings. The van der Waals surface area contributed by atoms with Gasteiger partial charge in [0.2, 0.25) is 5.82 Å². The van der Waals surface area contributed by atoms with E-state index in [2.05, 4.69) is 48.6 Å². The van der Waals surface area contributed by atoms with Crippen LogP contribution in [-0.4, -0.2) is 49.5 Å². The van der Waals surface area contributed by atoms with Crippen LogP contribution in [0, 0.1) is 0 Å². The van der Waals surface area contributed by atoms with Gasteiger partial charge in [-0.3, -0.25) is 4.79 Å². The minimum absolute atomic E-state index is 0.00896. The van der Waals surface area contributed by atoms with Crippen LogP contribution in [0.3, 0.4) is 0 Å². The summed E-state index contributed by atoms with van der Waals surface area (Å²) in [4.78, 5) is 27.4. The van der Waals surface area contributed by atoms with Crippen LogP contribution >= 0.6 is 0 Å². The third-order valence-corrected chi connectivity index (χ3v) is 5.33. The van der Waals surface area contributed by atoms with E-state index in [-0.39, 0.29) is 17.8 Å². The maximum atomic E-state index is 12.5. The number of aromatic nitrogens is 4. The quantitative estimate of drug-likeness (QED) is 0.665. The molecule has 0 aromatic carbocycles. The van der Waals surface area contributed by atoms with Crippen LogP contribution in [0.5, 0.6) is 0 Å². The van der Waals surface area contributed by atoms with Crippen molar-refractivity contribution in [3.63, 3.8) is 0 Å². The monoisotopic (exact) mass is 394 g/mol. The molecule has 4 rings (SSSR count). The van der Waals surface area contributed by atoms with E-state index in [0.717, 1.165) is 37.1 Å². The topological polar surface area (TPSA) is 95.7 Å². The number of hydrogen-bond donors (Lipinski definition) is 2. The highest BCUT2D eigenvalue weighted by molar-refractivity contribution is 5.90. The van der Waals surface area contributed by atoms with Crippen molar-refractivity contribution in [2.45, 2.75) is 45.3 Å². The lowest BCUT2D eigenvalue weighted by Crippen LogP contribution is -2.38. The number of carbonyl (C=O) groups excluding carboxylic acids is 1. The van der Waals surface area contributed by atoms with Crippen LogP contribution in [0.1, 0.15) is 54.7 Å². The largest absolute Gasteiger partial charge is 0.389 e. The first-order valence-corrected chi connectivity index (χ1v) is 10.1. The number of aliphatic hydroxyl groups is 1. The first-order valence-electron chi connectivity index (χ1n) is 10.1. The third-order valence-electron chi connectivity index (χ3n) is 5.33. The van der Waals surface area contributed by atoms with Gasteiger partial charge in [-0.1, -0.05) is 13.3 Å². The van der Waals surface area contributed by atoms with Gasteiger partial charge in [-0.25, -0.2) is 15.0 Å². The van der Waals surface area contributed by atoms with E-state index in [1.807, 2.05) is 12.4 Å². The first-order chi connectivity index (χ1) is 14.1. The molecule has 1 aliphatic heterocycles. The number of aryl methyl sites for hydroxylation is 1. The molecule has 0 bridgehead atoms. The normalized spacial score (nSPS) is 17.6. The van der Waals surface area contributed by atoms with Gasteiger partial charge in [-0.2, -0.15) is 0 Å². The summed E-state index contributed by atoms with van der Waals surface area (Å²) < 4.78 is 2.20. The first kappa shape index (κ1) is 19.3. The number of hydrogen-bond acceptors (Lipinski definition) is 6. The summed E-state index contributed by atoms with van der Waals surface area (Å²) in [6.45, 7) is 5.33. The zero-order chi connectivity index (χ0) is 20.4. The molecule has 0 aliphatic carbocycles. The van der Waals surface area contributed by atoms with Gasteiger partial charge < -0.3 is 19.7 Å². The Morgan fingerprint density at radius 1 is 1.31 bits per heavy atom. The Bertz CT molecular complexity index is 998. The van der Waals surface area contributed by atoms with Gasteiger partial charge in [0.1, 0.15) is 0 Å². The van der Waals surface area contributed by atoms with Gasteiger partial charge in [0, 0.05) is 55.2 Å². The molecule has 3 aromatic heterocycles. The van der Waals surface area contributed by atoms with Gasteiger partial charge in [-0.15, -0.1) is 0 Å². The van der Waals surface area contributed by atoms with Crippen LogP contribution in [-0.2, 0) is 6.42 Å². The molecule has 0 saturated carbocycles. The van der Waals surface area contributed by atoms with Gasteiger partial charge in [0.15, 0.2) is 5.82 Å². The number of amides is 1. The molecule has 0 radical (unpaired) electrons. The van der Waals surface area contributed by atoms with Crippen LogP contribution in [0.2, 0.25) is 0 Å². The van der Waals surface area contributed by atoms with E-state index in [0.29, 0.717) is 12.1 Å². The highest BCUT2D eigenvalue weighted by Crippen LogP contribution is 2.25. The third kappa shape index (κ3) is 3.93. The predicted molar refractivity (Wildman–Crippen MR) is 110 cm³/mol. The van der Waals surface area contributed by atoms with Crippen LogP contribution in [0.25, 0.3) is 5.52 Å². The summed E-state index contributed by atoms with van der Waals surface area (Å²) in [7, 11) is 0. The Labute approximate surface area is 169 Å². The number of nitrogens with zero attached hydrogens (tertiary/aromatic N) is 5. The summed E-state index contributed by atoms with van der Waals surface area (Å²) >= 11 is 0. The predicted octanol–water partition coefficient (Wildman–Crippen LogP) is 2.14. The van der Waals surface area contributed by atoms with Crippen molar-refractivity contribution in [1.82, 2.24) is 24.7 Å². The minimum Gasteiger partial charge on any atom is -0.389 e. The molecule has 1 aliphatic rings. The number of rotatable bonds is 6. The Balaban J connectivity index is 1.44. The average Bonchev–Trinajstić information content (AvgIpc) is 3.35. The highest BCUT2D eigenvalue weighted by atomic mass is 16.3. The Morgan fingerprint density at radius 3 is 2.83 bits per heavy atom. The Morgan fingerprint density at radius 2 is 2.10 bits per heavy atom. The van der Waals surface area contributed by atoms with Crippen molar-refractivity contribution in [3.8, 4) is 0 Å². The molecule has 1 saturated heterocycles. The highest BCUT2D eigenvalue weighted by Gasteiger charge is 2.27. The number of anilines is 1. The van der Waals surface area contributed by atoms with Crippen molar-refractivity contribution >= 4 is 17.2 Å². The van der Waals surface area contributed by atoms with E-state index < -0.39 is 6.10 Å². The molecule has 8 nitrogen and oxygen atoms in total. The smallest absolute Gasteiger partial charge is 0.289 e. The number of fused-ring (bicyclic) bond motifs is 1. The molecule has 2 atom stereocenters. The lowest BCUT2D eigenvalue weighted by Gasteiger charge is -2.19. The fraction of sp³-hybridized carbons (Fsp3) is 0.429. The summed E-state index contributed by atoms with van der Waals surface area (Å²) in [5, 5.41) is 12.5. The van der Waals surface area contributed by atoms with E-state index >= 15 is 0 Å². The fourth-order valence-electron chi connectivity index (χ4n) is 3.78. The van der Waals surface area contributed by atoms with E-state index in [1.165, 1.54) is 18.1 Å². The lowest BCUT2D eigenvalue weighted by molar-refractivity contribution is 0.0929. The van der Waals surface area contributed by atoms with Crippen molar-refractivity contribution in [3.05, 3.63) is 54.0 Å². The second kappa shape index (κ2) is 8.16. The molecule has 1 unspecified atom stereocenters. The van der Waals surface area contributed by atoms with Crippen molar-refractivity contribution < 1.29 is 9.90 Å². The fourth-order valence-corrected chi connectivity index (χ4v) is 3.78. The van der Waals surface area contributed by atoms with Crippen molar-refractivity contribution in [2.24, 2.45) is 0 Å². The van der Waals surface area contributed by atoms with Crippen LogP contribution < -0.4 is 10.2 Å². The van der Waals surface area contributed by atoms with Gasteiger partial charge in [0.25, 0.3) is 5.91 Å². The zero-order valence-corrected chi connectivity index (χ0v) is 16.7. The summed E-state index contributed by atoms with van der Waals surface area (Å²) in [5.41, 5.74) is 2.97. The molecule has 8 heteroatoms. The molecular weight excluding hydrogens is 368 g/mol. The van der Waals surface area contributed by atoms with Crippen molar-refractivity contribution in [2.75, 3.05) is 18.0 Å². The molecule has 4 heterocycles. The van der Waals surface area contributed by atoms with E-state index in [1.54, 1.807) is 6.92 Å². The minimum atomic E-state index is -0.655. The second-order valence-corrected chi connectivity index (χ2v) is 7.50. The van der Waals surface area contributed by atoms with Gasteiger partial charge >= 0.3 is 0 Å². The number of carbonyl (C=O) groups is 1. The van der Waals surface area contributed by atoms with Gasteiger partial charge in [-0.05, 0) is 31.9 Å². The Kier molecular flexibility index (Phi) is 5.44.